The zero-order chi connectivity index (χ0) is 15.9. The number of aliphatic hydroxyl groups excluding tert-OH is 1. The molecule has 5 nitrogen and oxygen atoms in total. The lowest BCUT2D eigenvalue weighted by Crippen LogP contribution is -2.28. The van der Waals surface area contributed by atoms with E-state index in [1.54, 1.807) is 6.92 Å². The molecule has 2 rings (SSSR count). The summed E-state index contributed by atoms with van der Waals surface area (Å²) in [6.07, 6.45) is 8.58. The average Bonchev–Trinajstić information content (AvgIpc) is 3.10. The van der Waals surface area contributed by atoms with Gasteiger partial charge in [-0.25, -0.2) is 0 Å². The number of hydrogen-bond donors (Lipinski definition) is 2. The van der Waals surface area contributed by atoms with Crippen LogP contribution in [-0.2, 0) is 4.79 Å². The molecule has 1 aliphatic rings. The number of nitrogens with zero attached hydrogens (tertiary/aromatic N) is 1. The highest BCUT2D eigenvalue weighted by Crippen LogP contribution is 2.30. The summed E-state index contributed by atoms with van der Waals surface area (Å²) in [4.78, 5) is 12.7. The summed E-state index contributed by atoms with van der Waals surface area (Å²) in [6.45, 7) is 2.67. The fourth-order valence-electron chi connectivity index (χ4n) is 2.83. The third-order valence-electron chi connectivity index (χ3n) is 4.02. The second-order valence-corrected chi connectivity index (χ2v) is 5.83. The van der Waals surface area contributed by atoms with Crippen LogP contribution in [0, 0.1) is 0 Å². The monoisotopic (exact) mass is 307 g/mol. The van der Waals surface area contributed by atoms with E-state index in [1.807, 2.05) is 12.1 Å². The molecule has 22 heavy (non-hydrogen) atoms. The Hall–Kier alpha value is -1.75. The molecule has 1 fully saturated rings. The fourth-order valence-corrected chi connectivity index (χ4v) is 2.83. The molecule has 2 heterocycles. The van der Waals surface area contributed by atoms with Crippen LogP contribution in [-0.4, -0.2) is 28.8 Å². The van der Waals surface area contributed by atoms with Crippen molar-refractivity contribution >= 4 is 11.9 Å². The number of anilines is 1. The molecular weight excluding hydrogens is 282 g/mol. The number of carbonyl (C=O) groups is 1. The van der Waals surface area contributed by atoms with Gasteiger partial charge in [0.2, 0.25) is 0 Å². The summed E-state index contributed by atoms with van der Waals surface area (Å²) >= 11 is 0. The van der Waals surface area contributed by atoms with Gasteiger partial charge in [-0.15, -0.1) is 0 Å². The molecule has 2 N–H and O–H groups in total. The smallest absolute Gasteiger partial charge is 0.303 e. The number of aliphatic carboxylic acids is 1. The number of hydrogen-bond acceptors (Lipinski definition) is 4. The molecule has 0 radical (unpaired) electrons. The summed E-state index contributed by atoms with van der Waals surface area (Å²) in [5, 5.41) is 18.1. The summed E-state index contributed by atoms with van der Waals surface area (Å²) in [7, 11) is 0. The first kappa shape index (κ1) is 16.6. The van der Waals surface area contributed by atoms with Crippen molar-refractivity contribution < 1.29 is 19.4 Å². The highest BCUT2D eigenvalue weighted by Gasteiger charge is 2.26. The molecule has 1 aromatic rings. The first-order valence-electron chi connectivity index (χ1n) is 7.99. The van der Waals surface area contributed by atoms with Crippen molar-refractivity contribution in [2.45, 2.75) is 57.6 Å². The molecule has 0 saturated carbocycles. The summed E-state index contributed by atoms with van der Waals surface area (Å²) < 4.78 is 5.72. The predicted molar refractivity (Wildman–Crippen MR) is 85.0 cm³/mol. The number of allylic oxidation sites excluding steroid dienone is 1. The summed E-state index contributed by atoms with van der Waals surface area (Å²) in [5.41, 5.74) is 0. The van der Waals surface area contributed by atoms with Crippen molar-refractivity contribution in [2.75, 3.05) is 11.4 Å². The van der Waals surface area contributed by atoms with E-state index in [-0.39, 0.29) is 6.42 Å². The van der Waals surface area contributed by atoms with E-state index in [4.69, 9.17) is 9.52 Å². The Labute approximate surface area is 131 Å². The van der Waals surface area contributed by atoms with Crippen LogP contribution in [0.3, 0.4) is 0 Å². The second kappa shape index (κ2) is 8.03. The van der Waals surface area contributed by atoms with Crippen LogP contribution in [0.15, 0.2) is 28.7 Å². The standard InChI is InChI=1S/C17H25NO4/c1-13(19)15-10-11-16(22-15)18-12-6-8-14(18)7-4-2-3-5-9-17(20)21/h2,4,10-11,13-14,19H,3,5-9,12H2,1H3,(H,20,21)/b4-2-/t13?,14-/m0/s1. The maximum Gasteiger partial charge on any atom is 0.303 e. The normalized spacial score (nSPS) is 19.9. The largest absolute Gasteiger partial charge is 0.481 e. The van der Waals surface area contributed by atoms with Crippen LogP contribution in [0.5, 0.6) is 0 Å². The molecule has 0 bridgehead atoms. The van der Waals surface area contributed by atoms with E-state index in [0.717, 1.165) is 38.1 Å². The molecular formula is C17H25NO4. The van der Waals surface area contributed by atoms with Crippen LogP contribution < -0.4 is 4.90 Å². The van der Waals surface area contributed by atoms with Gasteiger partial charge in [-0.1, -0.05) is 12.2 Å². The van der Waals surface area contributed by atoms with Gasteiger partial charge in [-0.05, 0) is 45.1 Å². The molecule has 0 aliphatic carbocycles. The van der Waals surface area contributed by atoms with Gasteiger partial charge in [-0.2, -0.15) is 0 Å². The van der Waals surface area contributed by atoms with E-state index in [0.29, 0.717) is 18.2 Å². The molecule has 1 aliphatic heterocycles. The Bertz CT molecular complexity index is 507. The van der Waals surface area contributed by atoms with Crippen LogP contribution in [0.2, 0.25) is 0 Å². The second-order valence-electron chi connectivity index (χ2n) is 5.83. The first-order chi connectivity index (χ1) is 10.6. The lowest BCUT2D eigenvalue weighted by atomic mass is 10.1. The number of rotatable bonds is 8. The Balaban J connectivity index is 1.82. The molecule has 122 valence electrons. The van der Waals surface area contributed by atoms with Gasteiger partial charge in [-0.3, -0.25) is 4.79 Å². The Morgan fingerprint density at radius 3 is 3.00 bits per heavy atom. The van der Waals surface area contributed by atoms with Gasteiger partial charge in [0, 0.05) is 25.1 Å². The van der Waals surface area contributed by atoms with Gasteiger partial charge in [0.1, 0.15) is 11.9 Å². The number of aliphatic hydroxyl groups is 1. The highest BCUT2D eigenvalue weighted by atomic mass is 16.4. The van der Waals surface area contributed by atoms with Crippen LogP contribution >= 0.6 is 0 Å². The third-order valence-corrected chi connectivity index (χ3v) is 4.02. The number of unbranched alkanes of at least 4 members (excludes halogenated alkanes) is 1. The van der Waals surface area contributed by atoms with Gasteiger partial charge in [0.25, 0.3) is 0 Å². The highest BCUT2D eigenvalue weighted by molar-refractivity contribution is 5.66. The minimum absolute atomic E-state index is 0.231. The van der Waals surface area contributed by atoms with Crippen LogP contribution in [0.1, 0.15) is 57.3 Å². The van der Waals surface area contributed by atoms with E-state index >= 15 is 0 Å². The van der Waals surface area contributed by atoms with Gasteiger partial charge >= 0.3 is 5.97 Å². The van der Waals surface area contributed by atoms with Crippen molar-refractivity contribution in [2.24, 2.45) is 0 Å². The Morgan fingerprint density at radius 1 is 1.50 bits per heavy atom. The Morgan fingerprint density at radius 2 is 2.32 bits per heavy atom. The van der Waals surface area contributed by atoms with E-state index in [2.05, 4.69) is 17.1 Å². The maximum absolute atomic E-state index is 10.4. The van der Waals surface area contributed by atoms with Crippen molar-refractivity contribution in [3.63, 3.8) is 0 Å². The van der Waals surface area contributed by atoms with Crippen molar-refractivity contribution in [3.05, 3.63) is 30.0 Å². The number of carboxylic acid groups (broad SMARTS) is 1. The quantitative estimate of drug-likeness (QED) is 0.568. The van der Waals surface area contributed by atoms with E-state index in [9.17, 15) is 9.90 Å². The fraction of sp³-hybridized carbons (Fsp3) is 0.588. The third kappa shape index (κ3) is 4.63. The van der Waals surface area contributed by atoms with Crippen molar-refractivity contribution in [1.82, 2.24) is 0 Å². The van der Waals surface area contributed by atoms with E-state index in [1.165, 1.54) is 0 Å². The molecule has 0 spiro atoms. The molecule has 0 aromatic carbocycles. The van der Waals surface area contributed by atoms with Crippen molar-refractivity contribution in [3.8, 4) is 0 Å². The number of furan rings is 1. The molecule has 2 atom stereocenters. The number of carboxylic acids is 1. The van der Waals surface area contributed by atoms with Gasteiger partial charge in [0.15, 0.2) is 5.88 Å². The Kier molecular flexibility index (Phi) is 6.07. The zero-order valence-electron chi connectivity index (χ0n) is 13.1. The first-order valence-corrected chi connectivity index (χ1v) is 7.99. The van der Waals surface area contributed by atoms with Crippen LogP contribution in [0.4, 0.5) is 5.88 Å². The average molecular weight is 307 g/mol. The SMILES string of the molecule is CC(O)c1ccc(N2CCC[C@@H]2C/C=C\CCCC(=O)O)o1. The molecule has 5 heteroatoms. The van der Waals surface area contributed by atoms with Crippen molar-refractivity contribution in [1.29, 1.82) is 0 Å². The molecule has 1 unspecified atom stereocenters. The molecule has 1 saturated heterocycles. The molecule has 1 aromatic heterocycles. The minimum Gasteiger partial charge on any atom is -0.481 e. The molecule has 0 amide bonds. The predicted octanol–water partition coefficient (Wildman–Crippen LogP) is 3.50. The van der Waals surface area contributed by atoms with E-state index < -0.39 is 12.1 Å². The summed E-state index contributed by atoms with van der Waals surface area (Å²) in [6, 6.07) is 4.18. The van der Waals surface area contributed by atoms with Gasteiger partial charge in [0.05, 0.1) is 0 Å². The maximum atomic E-state index is 10.4. The van der Waals surface area contributed by atoms with Crippen LogP contribution in [0.25, 0.3) is 0 Å². The topological polar surface area (TPSA) is 73.9 Å². The lowest BCUT2D eigenvalue weighted by Gasteiger charge is -2.23. The summed E-state index contributed by atoms with van der Waals surface area (Å²) in [5.74, 6) is 0.699. The minimum atomic E-state index is -0.734. The zero-order valence-corrected chi connectivity index (χ0v) is 13.1. The lowest BCUT2D eigenvalue weighted by molar-refractivity contribution is -0.137. The van der Waals surface area contributed by atoms with Gasteiger partial charge < -0.3 is 19.5 Å².